The van der Waals surface area contributed by atoms with Gasteiger partial charge in [-0.05, 0) is 41.4 Å². The highest BCUT2D eigenvalue weighted by atomic mass is 79.9. The van der Waals surface area contributed by atoms with E-state index in [1.807, 2.05) is 6.20 Å². The Kier molecular flexibility index (Phi) is 5.19. The first-order valence-corrected chi connectivity index (χ1v) is 7.74. The molecule has 0 amide bonds. The van der Waals surface area contributed by atoms with Crippen LogP contribution >= 0.6 is 15.9 Å². The van der Waals surface area contributed by atoms with Crippen molar-refractivity contribution in [1.29, 1.82) is 0 Å². The second-order valence-corrected chi connectivity index (χ2v) is 6.03. The summed E-state index contributed by atoms with van der Waals surface area (Å²) in [5.74, 6) is 1.03. The van der Waals surface area contributed by atoms with Crippen LogP contribution in [0.5, 0.6) is 0 Å². The first-order valence-electron chi connectivity index (χ1n) is 6.95. The predicted molar refractivity (Wildman–Crippen MR) is 83.4 cm³/mol. The van der Waals surface area contributed by atoms with Crippen LogP contribution in [0.4, 0.5) is 5.82 Å². The molecule has 1 saturated heterocycles. The fourth-order valence-corrected chi connectivity index (χ4v) is 3.12. The van der Waals surface area contributed by atoms with E-state index in [2.05, 4.69) is 50.8 Å². The Morgan fingerprint density at radius 3 is 2.74 bits per heavy atom. The van der Waals surface area contributed by atoms with Crippen molar-refractivity contribution in [2.24, 2.45) is 5.73 Å². The second kappa shape index (κ2) is 6.68. The molecule has 2 rings (SSSR count). The summed E-state index contributed by atoms with van der Waals surface area (Å²) in [4.78, 5) is 9.36. The summed E-state index contributed by atoms with van der Waals surface area (Å²) in [6, 6.07) is 2.64. The van der Waals surface area contributed by atoms with Crippen molar-refractivity contribution in [3.05, 3.63) is 22.3 Å². The summed E-state index contributed by atoms with van der Waals surface area (Å²) < 4.78 is 0.992. The van der Waals surface area contributed by atoms with E-state index in [9.17, 15) is 0 Å². The van der Waals surface area contributed by atoms with Crippen molar-refractivity contribution in [3.8, 4) is 0 Å². The lowest BCUT2D eigenvalue weighted by molar-refractivity contribution is 0.220. The molecule has 5 heteroatoms. The highest BCUT2D eigenvalue weighted by Gasteiger charge is 2.23. The minimum absolute atomic E-state index is 0.528. The number of nitrogens with zero attached hydrogens (tertiary/aromatic N) is 3. The normalized spacial score (nSPS) is 17.7. The van der Waals surface area contributed by atoms with Crippen LogP contribution in [-0.2, 0) is 6.54 Å². The number of nitrogens with two attached hydrogens (primary N) is 1. The quantitative estimate of drug-likeness (QED) is 0.921. The van der Waals surface area contributed by atoms with Gasteiger partial charge in [-0.1, -0.05) is 6.92 Å². The van der Waals surface area contributed by atoms with Gasteiger partial charge >= 0.3 is 0 Å². The average molecular weight is 327 g/mol. The molecule has 0 unspecified atom stereocenters. The topological polar surface area (TPSA) is 45.4 Å². The average Bonchev–Trinajstić information content (AvgIpc) is 2.46. The highest BCUT2D eigenvalue weighted by molar-refractivity contribution is 9.10. The van der Waals surface area contributed by atoms with Crippen molar-refractivity contribution < 1.29 is 0 Å². The number of piperidine rings is 1. The molecule has 1 aliphatic rings. The van der Waals surface area contributed by atoms with Gasteiger partial charge in [0.25, 0.3) is 0 Å². The van der Waals surface area contributed by atoms with Crippen LogP contribution in [0.15, 0.2) is 16.7 Å². The zero-order chi connectivity index (χ0) is 13.8. The Morgan fingerprint density at radius 1 is 1.47 bits per heavy atom. The molecule has 0 aliphatic carbocycles. The molecular weight excluding hydrogens is 304 g/mol. The van der Waals surface area contributed by atoms with Crippen LogP contribution in [-0.4, -0.2) is 42.6 Å². The van der Waals surface area contributed by atoms with Crippen LogP contribution in [0.1, 0.15) is 25.3 Å². The molecule has 0 spiro atoms. The summed E-state index contributed by atoms with van der Waals surface area (Å²) in [6.45, 7) is 6.27. The number of aromatic nitrogens is 1. The van der Waals surface area contributed by atoms with Crippen molar-refractivity contribution >= 4 is 21.7 Å². The second-order valence-electron chi connectivity index (χ2n) is 5.12. The van der Waals surface area contributed by atoms with E-state index in [-0.39, 0.29) is 0 Å². The largest absolute Gasteiger partial charge is 0.356 e. The van der Waals surface area contributed by atoms with Crippen molar-refractivity contribution in [2.75, 3.05) is 31.6 Å². The SMILES string of the molecule is CCN1CCC(N(C)c2ncc(Br)cc2CN)CC1. The first kappa shape index (κ1) is 14.8. The van der Waals surface area contributed by atoms with Gasteiger partial charge in [0.1, 0.15) is 5.82 Å². The van der Waals surface area contributed by atoms with E-state index in [0.717, 1.165) is 22.4 Å². The predicted octanol–water partition coefficient (Wildman–Crippen LogP) is 2.22. The molecule has 0 atom stereocenters. The summed E-state index contributed by atoms with van der Waals surface area (Å²) in [6.07, 6.45) is 4.25. The molecule has 0 saturated carbocycles. The lowest BCUT2D eigenvalue weighted by atomic mass is 10.0. The van der Waals surface area contributed by atoms with Gasteiger partial charge in [0.05, 0.1) is 0 Å². The standard InChI is InChI=1S/C14H23BrN4/c1-3-19-6-4-13(5-7-19)18(2)14-11(9-16)8-12(15)10-17-14/h8,10,13H,3-7,9,16H2,1-2H3. The molecule has 2 heterocycles. The van der Waals surface area contributed by atoms with E-state index >= 15 is 0 Å². The molecule has 2 N–H and O–H groups in total. The zero-order valence-electron chi connectivity index (χ0n) is 11.8. The van der Waals surface area contributed by atoms with Crippen LogP contribution in [0, 0.1) is 0 Å². The minimum atomic E-state index is 0.528. The third-order valence-electron chi connectivity index (χ3n) is 4.02. The van der Waals surface area contributed by atoms with E-state index in [1.165, 1.54) is 25.9 Å². The lowest BCUT2D eigenvalue weighted by Crippen LogP contribution is -2.43. The van der Waals surface area contributed by atoms with Crippen molar-refractivity contribution in [2.45, 2.75) is 32.4 Å². The maximum absolute atomic E-state index is 5.83. The van der Waals surface area contributed by atoms with Crippen molar-refractivity contribution in [1.82, 2.24) is 9.88 Å². The Hall–Kier alpha value is -0.650. The molecule has 1 aromatic heterocycles. The summed E-state index contributed by atoms with van der Waals surface area (Å²) in [7, 11) is 2.14. The van der Waals surface area contributed by atoms with Crippen LogP contribution in [0.2, 0.25) is 0 Å². The third kappa shape index (κ3) is 3.46. The van der Waals surface area contributed by atoms with E-state index in [4.69, 9.17) is 5.73 Å². The van der Waals surface area contributed by atoms with Gasteiger partial charge in [0.15, 0.2) is 0 Å². The molecular formula is C14H23BrN4. The van der Waals surface area contributed by atoms with E-state index in [0.29, 0.717) is 12.6 Å². The number of hydrogen-bond donors (Lipinski definition) is 1. The number of anilines is 1. The van der Waals surface area contributed by atoms with Gasteiger partial charge < -0.3 is 15.5 Å². The molecule has 1 fully saturated rings. The van der Waals surface area contributed by atoms with Gasteiger partial charge in [-0.25, -0.2) is 4.98 Å². The Bertz CT molecular complexity index is 416. The number of likely N-dealkylation sites (tertiary alicyclic amines) is 1. The van der Waals surface area contributed by atoms with Crippen molar-refractivity contribution in [3.63, 3.8) is 0 Å². The highest BCUT2D eigenvalue weighted by Crippen LogP contribution is 2.25. The smallest absolute Gasteiger partial charge is 0.133 e. The number of pyridine rings is 1. The van der Waals surface area contributed by atoms with Gasteiger partial charge in [-0.3, -0.25) is 0 Å². The molecule has 0 bridgehead atoms. The van der Waals surface area contributed by atoms with Crippen LogP contribution < -0.4 is 10.6 Å². The molecule has 0 radical (unpaired) electrons. The number of hydrogen-bond acceptors (Lipinski definition) is 4. The fourth-order valence-electron chi connectivity index (χ4n) is 2.74. The minimum Gasteiger partial charge on any atom is -0.356 e. The van der Waals surface area contributed by atoms with Gasteiger partial charge in [-0.2, -0.15) is 0 Å². The third-order valence-corrected chi connectivity index (χ3v) is 4.45. The van der Waals surface area contributed by atoms with Gasteiger partial charge in [0.2, 0.25) is 0 Å². The van der Waals surface area contributed by atoms with Crippen LogP contribution in [0.25, 0.3) is 0 Å². The van der Waals surface area contributed by atoms with Gasteiger partial charge in [-0.15, -0.1) is 0 Å². The monoisotopic (exact) mass is 326 g/mol. The van der Waals surface area contributed by atoms with E-state index in [1.54, 1.807) is 0 Å². The Labute approximate surface area is 124 Å². The maximum atomic E-state index is 5.83. The molecule has 1 aromatic rings. The van der Waals surface area contributed by atoms with Gasteiger partial charge in [0, 0.05) is 49.0 Å². The molecule has 19 heavy (non-hydrogen) atoms. The summed E-state index contributed by atoms with van der Waals surface area (Å²) in [5.41, 5.74) is 6.94. The summed E-state index contributed by atoms with van der Waals surface area (Å²) >= 11 is 3.46. The number of halogens is 1. The first-order chi connectivity index (χ1) is 9.15. The maximum Gasteiger partial charge on any atom is 0.133 e. The Morgan fingerprint density at radius 2 is 2.16 bits per heavy atom. The molecule has 1 aliphatic heterocycles. The molecule has 4 nitrogen and oxygen atoms in total. The van der Waals surface area contributed by atoms with E-state index < -0.39 is 0 Å². The molecule has 106 valence electrons. The zero-order valence-corrected chi connectivity index (χ0v) is 13.4. The Balaban J connectivity index is 2.09. The summed E-state index contributed by atoms with van der Waals surface area (Å²) in [5, 5.41) is 0. The lowest BCUT2D eigenvalue weighted by Gasteiger charge is -2.37. The fraction of sp³-hybridized carbons (Fsp3) is 0.643. The molecule has 0 aromatic carbocycles. The number of rotatable bonds is 4. The van der Waals surface area contributed by atoms with Crippen LogP contribution in [0.3, 0.4) is 0 Å².